The van der Waals surface area contributed by atoms with Gasteiger partial charge >= 0.3 is 0 Å². The van der Waals surface area contributed by atoms with E-state index in [4.69, 9.17) is 23.2 Å². The van der Waals surface area contributed by atoms with Crippen molar-refractivity contribution in [2.45, 2.75) is 5.38 Å². The van der Waals surface area contributed by atoms with Gasteiger partial charge in [-0.05, 0) is 23.8 Å². The third-order valence-corrected chi connectivity index (χ3v) is 3.33. The van der Waals surface area contributed by atoms with E-state index in [1.54, 1.807) is 0 Å². The lowest BCUT2D eigenvalue weighted by atomic mass is 10.0. The molecule has 0 bridgehead atoms. The predicted molar refractivity (Wildman–Crippen MR) is 65.4 cm³/mol. The van der Waals surface area contributed by atoms with Gasteiger partial charge in [-0.2, -0.15) is 0 Å². The van der Waals surface area contributed by atoms with Crippen LogP contribution in [0.4, 0.5) is 17.6 Å². The Morgan fingerprint density at radius 3 is 2.05 bits per heavy atom. The monoisotopic (exact) mass is 308 g/mol. The highest BCUT2D eigenvalue weighted by Crippen LogP contribution is 2.33. The molecule has 6 heteroatoms. The van der Waals surface area contributed by atoms with Gasteiger partial charge in [0.15, 0.2) is 11.6 Å². The number of hydrogen-bond donors (Lipinski definition) is 0. The van der Waals surface area contributed by atoms with Gasteiger partial charge in [0.2, 0.25) is 0 Å². The van der Waals surface area contributed by atoms with Crippen LogP contribution in [0.3, 0.4) is 0 Å². The Labute approximate surface area is 116 Å². The maximum Gasteiger partial charge on any atom is 0.161 e. The van der Waals surface area contributed by atoms with Crippen molar-refractivity contribution >= 4 is 23.2 Å². The van der Waals surface area contributed by atoms with Crippen LogP contribution in [0.1, 0.15) is 16.5 Å². The summed E-state index contributed by atoms with van der Waals surface area (Å²) in [6.07, 6.45) is 0. The van der Waals surface area contributed by atoms with E-state index in [0.29, 0.717) is 12.1 Å². The van der Waals surface area contributed by atoms with Crippen molar-refractivity contribution < 1.29 is 17.6 Å². The summed E-state index contributed by atoms with van der Waals surface area (Å²) in [4.78, 5) is 0. The molecule has 0 aliphatic rings. The van der Waals surface area contributed by atoms with E-state index in [9.17, 15) is 17.6 Å². The summed E-state index contributed by atoms with van der Waals surface area (Å²) in [6, 6.07) is 4.63. The zero-order valence-corrected chi connectivity index (χ0v) is 10.7. The van der Waals surface area contributed by atoms with Crippen molar-refractivity contribution in [3.8, 4) is 0 Å². The second-order valence-electron chi connectivity index (χ2n) is 3.82. The summed E-state index contributed by atoms with van der Waals surface area (Å²) in [5.41, 5.74) is 0.0289. The van der Waals surface area contributed by atoms with E-state index < -0.39 is 28.6 Å². The first-order valence-corrected chi connectivity index (χ1v) is 5.95. The van der Waals surface area contributed by atoms with Gasteiger partial charge in [-0.1, -0.05) is 17.7 Å². The van der Waals surface area contributed by atoms with Crippen LogP contribution in [0, 0.1) is 23.3 Å². The number of halogens is 6. The third-order valence-electron chi connectivity index (χ3n) is 2.55. The molecule has 0 aliphatic carbocycles. The zero-order chi connectivity index (χ0) is 14.2. The molecule has 0 saturated carbocycles. The minimum atomic E-state index is -1.30. The molecule has 0 spiro atoms. The molecule has 2 aromatic rings. The lowest BCUT2D eigenvalue weighted by Gasteiger charge is -2.12. The van der Waals surface area contributed by atoms with Crippen LogP contribution in [-0.4, -0.2) is 0 Å². The topological polar surface area (TPSA) is 0 Å². The van der Waals surface area contributed by atoms with E-state index in [0.717, 1.165) is 6.07 Å². The number of rotatable bonds is 2. The molecule has 0 amide bonds. The van der Waals surface area contributed by atoms with Crippen LogP contribution in [0.15, 0.2) is 30.3 Å². The second kappa shape index (κ2) is 5.39. The summed E-state index contributed by atoms with van der Waals surface area (Å²) >= 11 is 11.6. The van der Waals surface area contributed by atoms with Gasteiger partial charge in [0.05, 0.1) is 10.4 Å². The highest BCUT2D eigenvalue weighted by atomic mass is 35.5. The fourth-order valence-electron chi connectivity index (χ4n) is 1.58. The van der Waals surface area contributed by atoms with E-state index in [1.807, 2.05) is 0 Å². The summed E-state index contributed by atoms with van der Waals surface area (Å²) in [7, 11) is 0. The quantitative estimate of drug-likeness (QED) is 0.405. The van der Waals surface area contributed by atoms with Crippen molar-refractivity contribution in [2.75, 3.05) is 0 Å². The summed E-state index contributed by atoms with van der Waals surface area (Å²) in [6.45, 7) is 0. The van der Waals surface area contributed by atoms with Crippen LogP contribution in [-0.2, 0) is 0 Å². The van der Waals surface area contributed by atoms with Crippen molar-refractivity contribution in [3.63, 3.8) is 0 Å². The Morgan fingerprint density at radius 2 is 1.42 bits per heavy atom. The molecular formula is C13H6Cl2F4. The molecule has 0 N–H and O–H groups in total. The molecule has 1 unspecified atom stereocenters. The first kappa shape index (κ1) is 14.2. The lowest BCUT2D eigenvalue weighted by Crippen LogP contribution is -2.00. The largest absolute Gasteiger partial charge is 0.207 e. The van der Waals surface area contributed by atoms with Crippen LogP contribution in [0.5, 0.6) is 0 Å². The lowest BCUT2D eigenvalue weighted by molar-refractivity contribution is 0.490. The van der Waals surface area contributed by atoms with Gasteiger partial charge < -0.3 is 0 Å². The maximum absolute atomic E-state index is 13.5. The Morgan fingerprint density at radius 1 is 0.789 bits per heavy atom. The van der Waals surface area contributed by atoms with E-state index in [-0.39, 0.29) is 16.1 Å². The normalized spacial score (nSPS) is 12.5. The summed E-state index contributed by atoms with van der Waals surface area (Å²) in [5, 5.41) is -1.29. The first-order valence-electron chi connectivity index (χ1n) is 5.13. The molecule has 0 aromatic heterocycles. The molecule has 0 saturated heterocycles. The molecule has 0 heterocycles. The molecule has 0 radical (unpaired) electrons. The molecule has 1 atom stereocenters. The van der Waals surface area contributed by atoms with Gasteiger partial charge in [-0.25, -0.2) is 17.6 Å². The minimum absolute atomic E-state index is 0.189. The van der Waals surface area contributed by atoms with Gasteiger partial charge in [0, 0.05) is 11.6 Å². The molecule has 0 nitrogen and oxygen atoms in total. The molecule has 2 aromatic carbocycles. The van der Waals surface area contributed by atoms with Crippen molar-refractivity contribution in [2.24, 2.45) is 0 Å². The fourth-order valence-corrected chi connectivity index (χ4v) is 2.07. The molecular weight excluding hydrogens is 303 g/mol. The third kappa shape index (κ3) is 2.85. The van der Waals surface area contributed by atoms with E-state index in [2.05, 4.69) is 0 Å². The molecule has 2 rings (SSSR count). The van der Waals surface area contributed by atoms with Crippen LogP contribution in [0.25, 0.3) is 0 Å². The van der Waals surface area contributed by atoms with Crippen LogP contribution in [0.2, 0.25) is 5.02 Å². The van der Waals surface area contributed by atoms with E-state index >= 15 is 0 Å². The highest BCUT2D eigenvalue weighted by molar-refractivity contribution is 6.31. The second-order valence-corrected chi connectivity index (χ2v) is 4.67. The minimum Gasteiger partial charge on any atom is -0.207 e. The van der Waals surface area contributed by atoms with Crippen molar-refractivity contribution in [1.82, 2.24) is 0 Å². The standard InChI is InChI=1S/C13H6Cl2F4/c14-8-3-6(1-2-9(8)16)13(15)7-4-11(18)12(19)5-10(7)17/h1-5,13H. The molecule has 19 heavy (non-hydrogen) atoms. The Balaban J connectivity index is 2.46. The summed E-state index contributed by atoms with van der Waals surface area (Å²) in [5.74, 6) is -4.16. The zero-order valence-electron chi connectivity index (χ0n) is 9.23. The molecule has 100 valence electrons. The summed E-state index contributed by atoms with van der Waals surface area (Å²) < 4.78 is 52.5. The van der Waals surface area contributed by atoms with Crippen LogP contribution >= 0.6 is 23.2 Å². The smallest absolute Gasteiger partial charge is 0.161 e. The Kier molecular flexibility index (Phi) is 4.02. The van der Waals surface area contributed by atoms with Crippen molar-refractivity contribution in [1.29, 1.82) is 0 Å². The average Bonchev–Trinajstić information content (AvgIpc) is 2.36. The van der Waals surface area contributed by atoms with E-state index in [1.165, 1.54) is 12.1 Å². The predicted octanol–water partition coefficient (Wildman–Crippen LogP) is 5.22. The number of hydrogen-bond acceptors (Lipinski definition) is 0. The fraction of sp³-hybridized carbons (Fsp3) is 0.0769. The van der Waals surface area contributed by atoms with Gasteiger partial charge in [-0.3, -0.25) is 0 Å². The first-order chi connectivity index (χ1) is 8.90. The van der Waals surface area contributed by atoms with Gasteiger partial charge in [-0.15, -0.1) is 11.6 Å². The van der Waals surface area contributed by atoms with Crippen LogP contribution < -0.4 is 0 Å². The Hall–Kier alpha value is -1.26. The molecule has 0 aliphatic heterocycles. The van der Waals surface area contributed by atoms with Crippen molar-refractivity contribution in [3.05, 3.63) is 69.8 Å². The van der Waals surface area contributed by atoms with Gasteiger partial charge in [0.1, 0.15) is 11.6 Å². The Bertz CT molecular complexity index is 628. The highest BCUT2D eigenvalue weighted by Gasteiger charge is 2.19. The SMILES string of the molecule is Fc1cc(F)c(C(Cl)c2ccc(F)c(Cl)c2)cc1F. The number of alkyl halides is 1. The molecule has 0 fully saturated rings. The maximum atomic E-state index is 13.5. The average molecular weight is 309 g/mol. The van der Waals surface area contributed by atoms with Gasteiger partial charge in [0.25, 0.3) is 0 Å². The number of benzene rings is 2.